The lowest BCUT2D eigenvalue weighted by molar-refractivity contribution is 0.210. The molecule has 3 unspecified atom stereocenters. The van der Waals surface area contributed by atoms with Gasteiger partial charge in [-0.3, -0.25) is 11.3 Å². The zero-order valence-corrected chi connectivity index (χ0v) is 12.7. The molecular formula is C16H25ClN2. The van der Waals surface area contributed by atoms with Gasteiger partial charge in [-0.05, 0) is 48.8 Å². The third kappa shape index (κ3) is 3.50. The van der Waals surface area contributed by atoms with Crippen molar-refractivity contribution in [3.8, 4) is 0 Å². The molecule has 0 amide bonds. The number of nitrogens with one attached hydrogen (secondary N) is 1. The number of hydrazine groups is 1. The summed E-state index contributed by atoms with van der Waals surface area (Å²) in [5.74, 6) is 7.27. The predicted molar refractivity (Wildman–Crippen MR) is 82.0 cm³/mol. The van der Waals surface area contributed by atoms with E-state index in [0.29, 0.717) is 5.92 Å². The average molecular weight is 281 g/mol. The average Bonchev–Trinajstić information content (AvgIpc) is 2.42. The van der Waals surface area contributed by atoms with Crippen LogP contribution in [-0.4, -0.2) is 0 Å². The van der Waals surface area contributed by atoms with Crippen LogP contribution in [-0.2, 0) is 0 Å². The van der Waals surface area contributed by atoms with Crippen molar-refractivity contribution in [3.05, 3.63) is 34.3 Å². The lowest BCUT2D eigenvalue weighted by Gasteiger charge is -2.34. The zero-order valence-electron chi connectivity index (χ0n) is 12.0. The molecule has 2 rings (SSSR count). The smallest absolute Gasteiger partial charge is 0.0502 e. The Labute approximate surface area is 121 Å². The van der Waals surface area contributed by atoms with Crippen LogP contribution >= 0.6 is 11.6 Å². The van der Waals surface area contributed by atoms with Gasteiger partial charge in [0, 0.05) is 5.02 Å². The van der Waals surface area contributed by atoms with Gasteiger partial charge in [0.05, 0.1) is 6.04 Å². The van der Waals surface area contributed by atoms with Gasteiger partial charge in [-0.2, -0.15) is 0 Å². The number of halogens is 1. The van der Waals surface area contributed by atoms with Gasteiger partial charge in [-0.15, -0.1) is 0 Å². The van der Waals surface area contributed by atoms with E-state index in [4.69, 9.17) is 17.4 Å². The molecule has 1 aliphatic carbocycles. The molecule has 1 aromatic rings. The van der Waals surface area contributed by atoms with Crippen molar-refractivity contribution in [1.82, 2.24) is 5.43 Å². The standard InChI is InChI=1S/C16H25ClN2/c1-3-12-5-4-6-13(10-12)16(19-18)14-8-7-11(2)9-15(14)17/h7-9,12-13,16,19H,3-6,10,18H2,1-2H3. The van der Waals surface area contributed by atoms with Gasteiger partial charge in [-0.1, -0.05) is 49.9 Å². The van der Waals surface area contributed by atoms with E-state index >= 15 is 0 Å². The van der Waals surface area contributed by atoms with Crippen LogP contribution in [0.25, 0.3) is 0 Å². The number of rotatable bonds is 4. The van der Waals surface area contributed by atoms with Crippen LogP contribution in [0, 0.1) is 18.8 Å². The number of hydrogen-bond acceptors (Lipinski definition) is 2. The number of hydrogen-bond donors (Lipinski definition) is 2. The van der Waals surface area contributed by atoms with Gasteiger partial charge in [0.1, 0.15) is 0 Å². The van der Waals surface area contributed by atoms with E-state index in [2.05, 4.69) is 31.4 Å². The molecule has 1 aromatic carbocycles. The molecule has 0 heterocycles. The third-order valence-corrected chi connectivity index (χ3v) is 4.87. The highest BCUT2D eigenvalue weighted by Crippen LogP contribution is 2.39. The van der Waals surface area contributed by atoms with Crippen molar-refractivity contribution in [2.45, 2.75) is 52.0 Å². The Bertz CT molecular complexity index is 419. The van der Waals surface area contributed by atoms with Gasteiger partial charge in [0.25, 0.3) is 0 Å². The van der Waals surface area contributed by atoms with Gasteiger partial charge < -0.3 is 0 Å². The van der Waals surface area contributed by atoms with Gasteiger partial charge in [-0.25, -0.2) is 0 Å². The Kier molecular flexibility index (Phi) is 5.26. The fraction of sp³-hybridized carbons (Fsp3) is 0.625. The molecule has 3 heteroatoms. The Hall–Kier alpha value is -0.570. The normalized spacial score (nSPS) is 25.3. The topological polar surface area (TPSA) is 38.0 Å². The number of benzene rings is 1. The Morgan fingerprint density at radius 3 is 2.84 bits per heavy atom. The lowest BCUT2D eigenvalue weighted by atomic mass is 9.75. The molecule has 0 aromatic heterocycles. The summed E-state index contributed by atoms with van der Waals surface area (Å²) in [6.07, 6.45) is 6.46. The van der Waals surface area contributed by atoms with Gasteiger partial charge in [0.15, 0.2) is 0 Å². The maximum absolute atomic E-state index is 6.40. The molecule has 0 saturated heterocycles. The van der Waals surface area contributed by atoms with Crippen LogP contribution in [0.15, 0.2) is 18.2 Å². The Morgan fingerprint density at radius 2 is 2.21 bits per heavy atom. The van der Waals surface area contributed by atoms with Crippen LogP contribution in [0.2, 0.25) is 5.02 Å². The summed E-state index contributed by atoms with van der Waals surface area (Å²) >= 11 is 6.40. The fourth-order valence-corrected chi connectivity index (χ4v) is 3.72. The Morgan fingerprint density at radius 1 is 1.42 bits per heavy atom. The maximum Gasteiger partial charge on any atom is 0.0502 e. The summed E-state index contributed by atoms with van der Waals surface area (Å²) in [5, 5.41) is 0.835. The minimum absolute atomic E-state index is 0.183. The van der Waals surface area contributed by atoms with Crippen LogP contribution in [0.1, 0.15) is 56.2 Å². The highest BCUT2D eigenvalue weighted by molar-refractivity contribution is 6.31. The predicted octanol–water partition coefficient (Wildman–Crippen LogP) is 4.37. The first kappa shape index (κ1) is 14.8. The van der Waals surface area contributed by atoms with E-state index in [-0.39, 0.29) is 6.04 Å². The molecular weight excluding hydrogens is 256 g/mol. The highest BCUT2D eigenvalue weighted by atomic mass is 35.5. The molecule has 19 heavy (non-hydrogen) atoms. The number of aryl methyl sites for hydroxylation is 1. The first-order chi connectivity index (χ1) is 9.15. The summed E-state index contributed by atoms with van der Waals surface area (Å²) in [4.78, 5) is 0. The van der Waals surface area contributed by atoms with Crippen molar-refractivity contribution >= 4 is 11.6 Å². The minimum atomic E-state index is 0.183. The summed E-state index contributed by atoms with van der Waals surface area (Å²) < 4.78 is 0. The Balaban J connectivity index is 2.19. The second-order valence-corrected chi connectivity index (χ2v) is 6.28. The maximum atomic E-state index is 6.40. The van der Waals surface area contributed by atoms with Crippen LogP contribution in [0.4, 0.5) is 0 Å². The zero-order chi connectivity index (χ0) is 13.8. The second kappa shape index (κ2) is 6.74. The molecule has 1 fully saturated rings. The molecule has 3 atom stereocenters. The van der Waals surface area contributed by atoms with Crippen molar-refractivity contribution in [2.24, 2.45) is 17.7 Å². The molecule has 0 aliphatic heterocycles. The van der Waals surface area contributed by atoms with Crippen LogP contribution < -0.4 is 11.3 Å². The molecule has 106 valence electrons. The SMILES string of the molecule is CCC1CCCC(C(NN)c2ccc(C)cc2Cl)C1. The molecule has 2 nitrogen and oxygen atoms in total. The molecule has 1 aliphatic rings. The summed E-state index contributed by atoms with van der Waals surface area (Å²) in [6, 6.07) is 6.45. The minimum Gasteiger partial charge on any atom is -0.271 e. The van der Waals surface area contributed by atoms with Crippen molar-refractivity contribution in [3.63, 3.8) is 0 Å². The largest absolute Gasteiger partial charge is 0.271 e. The highest BCUT2D eigenvalue weighted by Gasteiger charge is 2.29. The van der Waals surface area contributed by atoms with E-state index in [9.17, 15) is 0 Å². The van der Waals surface area contributed by atoms with E-state index in [1.165, 1.54) is 37.7 Å². The molecule has 0 spiro atoms. The lowest BCUT2D eigenvalue weighted by Crippen LogP contribution is -2.36. The second-order valence-electron chi connectivity index (χ2n) is 5.87. The molecule has 3 N–H and O–H groups in total. The quantitative estimate of drug-likeness (QED) is 0.635. The van der Waals surface area contributed by atoms with Crippen molar-refractivity contribution in [1.29, 1.82) is 0 Å². The third-order valence-electron chi connectivity index (χ3n) is 4.54. The first-order valence-electron chi connectivity index (χ1n) is 7.37. The van der Waals surface area contributed by atoms with E-state index < -0.39 is 0 Å². The number of nitrogens with two attached hydrogens (primary N) is 1. The summed E-state index contributed by atoms with van der Waals surface area (Å²) in [6.45, 7) is 4.35. The van der Waals surface area contributed by atoms with Crippen molar-refractivity contribution < 1.29 is 0 Å². The van der Waals surface area contributed by atoms with Crippen LogP contribution in [0.5, 0.6) is 0 Å². The van der Waals surface area contributed by atoms with E-state index in [0.717, 1.165) is 16.5 Å². The van der Waals surface area contributed by atoms with Gasteiger partial charge >= 0.3 is 0 Å². The fourth-order valence-electron chi connectivity index (χ4n) is 3.37. The van der Waals surface area contributed by atoms with Crippen molar-refractivity contribution in [2.75, 3.05) is 0 Å². The van der Waals surface area contributed by atoms with Gasteiger partial charge in [0.2, 0.25) is 0 Å². The van der Waals surface area contributed by atoms with Crippen LogP contribution in [0.3, 0.4) is 0 Å². The van der Waals surface area contributed by atoms with E-state index in [1.807, 2.05) is 6.07 Å². The monoisotopic (exact) mass is 280 g/mol. The van der Waals surface area contributed by atoms with E-state index in [1.54, 1.807) is 0 Å². The summed E-state index contributed by atoms with van der Waals surface area (Å²) in [5.41, 5.74) is 5.35. The molecule has 1 saturated carbocycles. The summed E-state index contributed by atoms with van der Waals surface area (Å²) in [7, 11) is 0. The molecule has 0 radical (unpaired) electrons. The molecule has 0 bridgehead atoms. The first-order valence-corrected chi connectivity index (χ1v) is 7.75.